The van der Waals surface area contributed by atoms with Gasteiger partial charge >= 0.3 is 0 Å². The van der Waals surface area contributed by atoms with E-state index in [2.05, 4.69) is 18.9 Å². The van der Waals surface area contributed by atoms with Crippen LogP contribution in [0.1, 0.15) is 25.6 Å². The van der Waals surface area contributed by atoms with E-state index in [1.165, 1.54) is 0 Å². The maximum absolute atomic E-state index is 9.42. The fourth-order valence-corrected chi connectivity index (χ4v) is 1.95. The van der Waals surface area contributed by atoms with E-state index in [9.17, 15) is 10.2 Å². The second-order valence-corrected chi connectivity index (χ2v) is 4.71. The van der Waals surface area contributed by atoms with E-state index in [-0.39, 0.29) is 0 Å². The third kappa shape index (κ3) is 2.42. The summed E-state index contributed by atoms with van der Waals surface area (Å²) in [5.41, 5.74) is 0.981. The van der Waals surface area contributed by atoms with E-state index < -0.39 is 12.2 Å². The van der Waals surface area contributed by atoms with Crippen molar-refractivity contribution in [2.24, 2.45) is 0 Å². The Hall–Kier alpha value is -0.910. The SMILES string of the molecule is CC(C)n1ccc(CN2C[C@@H](O)[C@@H](O)C2)n1. The Bertz CT molecular complexity index is 341. The van der Waals surface area contributed by atoms with Crippen molar-refractivity contribution in [2.75, 3.05) is 13.1 Å². The molecule has 2 N–H and O–H groups in total. The number of hydrogen-bond acceptors (Lipinski definition) is 4. The van der Waals surface area contributed by atoms with Gasteiger partial charge in [0.1, 0.15) is 0 Å². The summed E-state index contributed by atoms with van der Waals surface area (Å²) >= 11 is 0. The smallest absolute Gasteiger partial charge is 0.0938 e. The van der Waals surface area contributed by atoms with E-state index in [1.54, 1.807) is 0 Å². The first kappa shape index (κ1) is 11.6. The molecule has 1 aromatic rings. The van der Waals surface area contributed by atoms with E-state index in [0.29, 0.717) is 25.7 Å². The number of rotatable bonds is 3. The van der Waals surface area contributed by atoms with Crippen LogP contribution in [0.5, 0.6) is 0 Å². The second kappa shape index (κ2) is 4.53. The van der Waals surface area contributed by atoms with Crippen molar-refractivity contribution in [2.45, 2.75) is 38.6 Å². The Labute approximate surface area is 95.3 Å². The summed E-state index contributed by atoms with van der Waals surface area (Å²) in [6.07, 6.45) is 0.725. The van der Waals surface area contributed by atoms with Gasteiger partial charge in [-0.2, -0.15) is 5.10 Å². The highest BCUT2D eigenvalue weighted by Crippen LogP contribution is 2.13. The first-order valence-electron chi connectivity index (χ1n) is 5.69. The molecule has 1 saturated heterocycles. The van der Waals surface area contributed by atoms with Crippen LogP contribution in [0.3, 0.4) is 0 Å². The summed E-state index contributed by atoms with van der Waals surface area (Å²) < 4.78 is 1.91. The zero-order valence-electron chi connectivity index (χ0n) is 9.74. The van der Waals surface area contributed by atoms with Crippen LogP contribution in [0.4, 0.5) is 0 Å². The van der Waals surface area contributed by atoms with Gasteiger partial charge in [-0.15, -0.1) is 0 Å². The van der Waals surface area contributed by atoms with Crippen LogP contribution in [0.2, 0.25) is 0 Å². The predicted octanol–water partition coefficient (Wildman–Crippen LogP) is 0.00140. The highest BCUT2D eigenvalue weighted by atomic mass is 16.3. The minimum Gasteiger partial charge on any atom is -0.389 e. The molecule has 1 fully saturated rings. The lowest BCUT2D eigenvalue weighted by Gasteiger charge is -2.12. The molecule has 2 atom stereocenters. The molecule has 0 saturated carbocycles. The molecule has 1 aliphatic heterocycles. The van der Waals surface area contributed by atoms with Crippen molar-refractivity contribution in [3.05, 3.63) is 18.0 Å². The summed E-state index contributed by atoms with van der Waals surface area (Å²) in [5.74, 6) is 0. The minimum absolute atomic E-state index is 0.364. The van der Waals surface area contributed by atoms with Crippen molar-refractivity contribution in [1.29, 1.82) is 0 Å². The summed E-state index contributed by atoms with van der Waals surface area (Å²) in [7, 11) is 0. The fourth-order valence-electron chi connectivity index (χ4n) is 1.95. The fraction of sp³-hybridized carbons (Fsp3) is 0.727. The number of aliphatic hydroxyl groups is 2. The van der Waals surface area contributed by atoms with Crippen LogP contribution >= 0.6 is 0 Å². The van der Waals surface area contributed by atoms with Crippen LogP contribution in [0.25, 0.3) is 0 Å². The maximum Gasteiger partial charge on any atom is 0.0938 e. The summed E-state index contributed by atoms with van der Waals surface area (Å²) in [6.45, 7) is 5.90. The van der Waals surface area contributed by atoms with Gasteiger partial charge in [-0.05, 0) is 19.9 Å². The zero-order chi connectivity index (χ0) is 11.7. The van der Waals surface area contributed by atoms with Gasteiger partial charge in [0.05, 0.1) is 17.9 Å². The lowest BCUT2D eigenvalue weighted by Crippen LogP contribution is -2.22. The predicted molar refractivity (Wildman–Crippen MR) is 59.9 cm³/mol. The monoisotopic (exact) mass is 225 g/mol. The summed E-state index contributed by atoms with van der Waals surface area (Å²) in [6, 6.07) is 2.35. The highest BCUT2D eigenvalue weighted by Gasteiger charge is 2.29. The first-order valence-corrected chi connectivity index (χ1v) is 5.69. The van der Waals surface area contributed by atoms with Gasteiger partial charge in [0.25, 0.3) is 0 Å². The Kier molecular flexibility index (Phi) is 3.28. The summed E-state index contributed by atoms with van der Waals surface area (Å²) in [4.78, 5) is 2.02. The molecular weight excluding hydrogens is 206 g/mol. The molecule has 5 heteroatoms. The molecule has 2 heterocycles. The van der Waals surface area contributed by atoms with Crippen molar-refractivity contribution >= 4 is 0 Å². The average Bonchev–Trinajstić information content (AvgIpc) is 2.76. The van der Waals surface area contributed by atoms with Crippen molar-refractivity contribution < 1.29 is 10.2 Å². The molecule has 0 unspecified atom stereocenters. The van der Waals surface area contributed by atoms with Gasteiger partial charge in [-0.25, -0.2) is 0 Å². The molecule has 90 valence electrons. The molecule has 0 spiro atoms. The minimum atomic E-state index is -0.618. The lowest BCUT2D eigenvalue weighted by atomic mass is 10.3. The van der Waals surface area contributed by atoms with E-state index >= 15 is 0 Å². The third-order valence-corrected chi connectivity index (χ3v) is 2.91. The Morgan fingerprint density at radius 1 is 1.38 bits per heavy atom. The molecular formula is C11H19N3O2. The number of β-amino-alcohol motifs (C(OH)–C–C–N with tert-alkyl or cyclic N) is 2. The molecule has 0 aromatic carbocycles. The molecule has 0 amide bonds. The highest BCUT2D eigenvalue weighted by molar-refractivity contribution is 5.00. The number of hydrogen-bond donors (Lipinski definition) is 2. The van der Waals surface area contributed by atoms with Crippen LogP contribution in [0, 0.1) is 0 Å². The molecule has 2 rings (SSSR count). The van der Waals surface area contributed by atoms with Gasteiger partial charge in [-0.1, -0.05) is 0 Å². The van der Waals surface area contributed by atoms with Crippen molar-refractivity contribution in [1.82, 2.24) is 14.7 Å². The molecule has 0 radical (unpaired) electrons. The Morgan fingerprint density at radius 3 is 2.50 bits per heavy atom. The number of likely N-dealkylation sites (tertiary alicyclic amines) is 1. The maximum atomic E-state index is 9.42. The van der Waals surface area contributed by atoms with Crippen molar-refractivity contribution in [3.63, 3.8) is 0 Å². The third-order valence-electron chi connectivity index (χ3n) is 2.91. The zero-order valence-corrected chi connectivity index (χ0v) is 9.74. The molecule has 0 bridgehead atoms. The van der Waals surface area contributed by atoms with E-state index in [0.717, 1.165) is 5.69 Å². The Morgan fingerprint density at radius 2 is 2.00 bits per heavy atom. The van der Waals surface area contributed by atoms with Crippen LogP contribution in [0.15, 0.2) is 12.3 Å². The first-order chi connectivity index (χ1) is 7.56. The quantitative estimate of drug-likeness (QED) is 0.760. The standard InChI is InChI=1S/C11H19N3O2/c1-8(2)14-4-3-9(12-14)5-13-6-10(15)11(16)7-13/h3-4,8,10-11,15-16H,5-7H2,1-2H3/t10-,11+. The molecule has 1 aliphatic rings. The molecule has 5 nitrogen and oxygen atoms in total. The van der Waals surface area contributed by atoms with Crippen LogP contribution < -0.4 is 0 Å². The topological polar surface area (TPSA) is 61.5 Å². The van der Waals surface area contributed by atoms with E-state index in [1.807, 2.05) is 21.8 Å². The van der Waals surface area contributed by atoms with Gasteiger partial charge in [0.2, 0.25) is 0 Å². The molecule has 0 aliphatic carbocycles. The van der Waals surface area contributed by atoms with Gasteiger partial charge in [0, 0.05) is 31.9 Å². The van der Waals surface area contributed by atoms with Gasteiger partial charge in [-0.3, -0.25) is 9.58 Å². The normalized spacial score (nSPS) is 26.8. The summed E-state index contributed by atoms with van der Waals surface area (Å²) in [5, 5.41) is 23.3. The Balaban J connectivity index is 1.94. The van der Waals surface area contributed by atoms with Gasteiger partial charge in [0.15, 0.2) is 0 Å². The van der Waals surface area contributed by atoms with E-state index in [4.69, 9.17) is 0 Å². The van der Waals surface area contributed by atoms with Crippen molar-refractivity contribution in [3.8, 4) is 0 Å². The molecule has 1 aromatic heterocycles. The number of nitrogens with zero attached hydrogens (tertiary/aromatic N) is 3. The molecule has 16 heavy (non-hydrogen) atoms. The van der Waals surface area contributed by atoms with Crippen LogP contribution in [-0.4, -0.2) is 50.2 Å². The number of aliphatic hydroxyl groups excluding tert-OH is 2. The lowest BCUT2D eigenvalue weighted by molar-refractivity contribution is 0.0572. The van der Waals surface area contributed by atoms with Gasteiger partial charge < -0.3 is 10.2 Å². The van der Waals surface area contributed by atoms with Crippen LogP contribution in [-0.2, 0) is 6.54 Å². The average molecular weight is 225 g/mol. The number of aromatic nitrogens is 2. The largest absolute Gasteiger partial charge is 0.389 e. The second-order valence-electron chi connectivity index (χ2n) is 4.71.